The molecule has 0 aliphatic carbocycles. The Morgan fingerprint density at radius 2 is 1.91 bits per heavy atom. The third-order valence-corrected chi connectivity index (χ3v) is 4.12. The number of carbonyl (C=O) groups excluding carboxylic acids is 2. The van der Waals surface area contributed by atoms with Gasteiger partial charge in [0, 0.05) is 18.7 Å². The monoisotopic (exact) mass is 332 g/mol. The Morgan fingerprint density at radius 3 is 2.65 bits per heavy atom. The lowest BCUT2D eigenvalue weighted by Crippen LogP contribution is -2.41. The molecule has 23 heavy (non-hydrogen) atoms. The van der Waals surface area contributed by atoms with E-state index in [0.29, 0.717) is 38.6 Å². The van der Waals surface area contributed by atoms with E-state index in [1.807, 2.05) is 30.3 Å². The zero-order chi connectivity index (χ0) is 16.3. The molecule has 1 aromatic carbocycles. The van der Waals surface area contributed by atoms with Crippen molar-refractivity contribution in [1.29, 1.82) is 0 Å². The van der Waals surface area contributed by atoms with Crippen molar-refractivity contribution in [1.82, 2.24) is 10.2 Å². The molecule has 0 spiro atoms. The molecule has 0 saturated carbocycles. The molecule has 6 heteroatoms. The average molecular weight is 332 g/mol. The van der Waals surface area contributed by atoms with Gasteiger partial charge < -0.3 is 15.0 Å². The van der Waals surface area contributed by atoms with Crippen LogP contribution in [0.2, 0.25) is 0 Å². The summed E-state index contributed by atoms with van der Waals surface area (Å²) in [6.07, 6.45) is 0. The van der Waals surface area contributed by atoms with Crippen LogP contribution in [0.3, 0.4) is 0 Å². The Balaban J connectivity index is 1.58. The normalized spacial score (nSPS) is 13.8. The van der Waals surface area contributed by atoms with E-state index in [1.165, 1.54) is 11.8 Å². The van der Waals surface area contributed by atoms with Crippen molar-refractivity contribution in [3.8, 4) is 11.8 Å². The molecule has 1 saturated heterocycles. The number of benzene rings is 1. The van der Waals surface area contributed by atoms with Crippen LogP contribution in [0.15, 0.2) is 30.3 Å². The van der Waals surface area contributed by atoms with Crippen LogP contribution in [-0.4, -0.2) is 61.1 Å². The summed E-state index contributed by atoms with van der Waals surface area (Å²) in [6.45, 7) is 2.78. The summed E-state index contributed by atoms with van der Waals surface area (Å²) < 4.78 is 5.20. The van der Waals surface area contributed by atoms with Crippen molar-refractivity contribution < 1.29 is 14.3 Å². The summed E-state index contributed by atoms with van der Waals surface area (Å²) >= 11 is 1.33. The standard InChI is InChI=1S/C17H20N2O3S/c20-16(18-8-4-7-15-5-2-1-3-6-15)13-23-14-17(21)19-9-11-22-12-10-19/h1-3,5-6H,8-14H2,(H,18,20). The van der Waals surface area contributed by atoms with E-state index in [1.54, 1.807) is 4.90 Å². The van der Waals surface area contributed by atoms with Gasteiger partial charge in [0.1, 0.15) is 0 Å². The van der Waals surface area contributed by atoms with E-state index in [4.69, 9.17) is 4.74 Å². The lowest BCUT2D eigenvalue weighted by Gasteiger charge is -2.26. The Kier molecular flexibility index (Phi) is 7.50. The Hall–Kier alpha value is -1.97. The van der Waals surface area contributed by atoms with E-state index in [9.17, 15) is 9.59 Å². The molecule has 1 aliphatic rings. The molecule has 1 N–H and O–H groups in total. The van der Waals surface area contributed by atoms with Gasteiger partial charge in [-0.3, -0.25) is 9.59 Å². The minimum absolute atomic E-state index is 0.0648. The number of nitrogens with one attached hydrogen (secondary N) is 1. The molecule has 0 unspecified atom stereocenters. The van der Waals surface area contributed by atoms with E-state index < -0.39 is 0 Å². The van der Waals surface area contributed by atoms with Gasteiger partial charge in [0.15, 0.2) is 0 Å². The summed E-state index contributed by atoms with van der Waals surface area (Å²) in [4.78, 5) is 25.3. The van der Waals surface area contributed by atoms with Crippen LogP contribution in [0.25, 0.3) is 0 Å². The fraction of sp³-hybridized carbons (Fsp3) is 0.412. The largest absolute Gasteiger partial charge is 0.378 e. The summed E-state index contributed by atoms with van der Waals surface area (Å²) in [5.74, 6) is 6.43. The van der Waals surface area contributed by atoms with Crippen LogP contribution in [0, 0.1) is 11.8 Å². The first-order chi connectivity index (χ1) is 11.3. The molecule has 0 radical (unpaired) electrons. The predicted octanol–water partition coefficient (Wildman–Crippen LogP) is 0.746. The lowest BCUT2D eigenvalue weighted by molar-refractivity contribution is -0.132. The molecule has 5 nitrogen and oxygen atoms in total. The van der Waals surface area contributed by atoms with Crippen LogP contribution in [0.5, 0.6) is 0 Å². The molecule has 1 heterocycles. The van der Waals surface area contributed by atoms with Crippen LogP contribution in [0.4, 0.5) is 0 Å². The minimum Gasteiger partial charge on any atom is -0.378 e. The number of hydrogen-bond donors (Lipinski definition) is 1. The molecule has 0 aromatic heterocycles. The van der Waals surface area contributed by atoms with Crippen LogP contribution < -0.4 is 5.32 Å². The number of rotatable bonds is 5. The third-order valence-electron chi connectivity index (χ3n) is 3.20. The number of nitrogens with zero attached hydrogens (tertiary/aromatic N) is 1. The zero-order valence-electron chi connectivity index (χ0n) is 12.9. The van der Waals surface area contributed by atoms with E-state index in [2.05, 4.69) is 17.2 Å². The summed E-state index contributed by atoms with van der Waals surface area (Å²) in [7, 11) is 0. The quantitative estimate of drug-likeness (QED) is 0.809. The van der Waals surface area contributed by atoms with Crippen molar-refractivity contribution in [2.45, 2.75) is 0 Å². The van der Waals surface area contributed by atoms with E-state index in [0.717, 1.165) is 5.56 Å². The number of morpholine rings is 1. The van der Waals surface area contributed by atoms with Crippen molar-refractivity contribution >= 4 is 23.6 Å². The molecular weight excluding hydrogens is 312 g/mol. The first kappa shape index (κ1) is 17.4. The molecule has 2 rings (SSSR count). The average Bonchev–Trinajstić information content (AvgIpc) is 2.60. The lowest BCUT2D eigenvalue weighted by atomic mass is 10.2. The first-order valence-corrected chi connectivity index (χ1v) is 8.65. The first-order valence-electron chi connectivity index (χ1n) is 7.49. The van der Waals surface area contributed by atoms with Crippen LogP contribution in [-0.2, 0) is 14.3 Å². The molecular formula is C17H20N2O3S. The predicted molar refractivity (Wildman–Crippen MR) is 91.1 cm³/mol. The minimum atomic E-state index is -0.105. The summed E-state index contributed by atoms with van der Waals surface area (Å²) in [5.41, 5.74) is 0.923. The molecule has 2 amide bonds. The Bertz CT molecular complexity index is 574. The van der Waals surface area contributed by atoms with Gasteiger partial charge in [-0.1, -0.05) is 30.0 Å². The van der Waals surface area contributed by atoms with E-state index in [-0.39, 0.29) is 17.6 Å². The Morgan fingerprint density at radius 1 is 1.17 bits per heavy atom. The zero-order valence-corrected chi connectivity index (χ0v) is 13.7. The van der Waals surface area contributed by atoms with Gasteiger partial charge in [0.25, 0.3) is 0 Å². The maximum absolute atomic E-state index is 11.9. The molecule has 1 fully saturated rings. The van der Waals surface area contributed by atoms with E-state index >= 15 is 0 Å². The maximum Gasteiger partial charge on any atom is 0.232 e. The molecule has 122 valence electrons. The number of ether oxygens (including phenoxy) is 1. The fourth-order valence-electron chi connectivity index (χ4n) is 2.00. The van der Waals surface area contributed by atoms with Gasteiger partial charge in [-0.2, -0.15) is 0 Å². The number of carbonyl (C=O) groups is 2. The highest BCUT2D eigenvalue weighted by Crippen LogP contribution is 2.04. The molecule has 1 aromatic rings. The van der Waals surface area contributed by atoms with Gasteiger partial charge in [-0.15, -0.1) is 11.8 Å². The molecule has 0 atom stereocenters. The van der Waals surface area contributed by atoms with Gasteiger partial charge in [0.05, 0.1) is 31.3 Å². The number of hydrogen-bond acceptors (Lipinski definition) is 4. The smallest absolute Gasteiger partial charge is 0.232 e. The third kappa shape index (κ3) is 6.76. The van der Waals surface area contributed by atoms with Crippen molar-refractivity contribution in [3.63, 3.8) is 0 Å². The van der Waals surface area contributed by atoms with Crippen molar-refractivity contribution in [2.24, 2.45) is 0 Å². The highest BCUT2D eigenvalue weighted by atomic mass is 32.2. The summed E-state index contributed by atoms with van der Waals surface area (Å²) in [5, 5.41) is 2.73. The topological polar surface area (TPSA) is 58.6 Å². The van der Waals surface area contributed by atoms with Crippen LogP contribution >= 0.6 is 11.8 Å². The van der Waals surface area contributed by atoms with Gasteiger partial charge in [0.2, 0.25) is 11.8 Å². The van der Waals surface area contributed by atoms with Crippen molar-refractivity contribution in [2.75, 3.05) is 44.4 Å². The van der Waals surface area contributed by atoms with Crippen molar-refractivity contribution in [3.05, 3.63) is 35.9 Å². The Labute approximate surface area is 140 Å². The fourth-order valence-corrected chi connectivity index (χ4v) is 2.74. The second kappa shape index (κ2) is 9.93. The molecule has 1 aliphatic heterocycles. The van der Waals surface area contributed by atoms with Gasteiger partial charge in [-0.05, 0) is 12.1 Å². The molecule has 0 bridgehead atoms. The van der Waals surface area contributed by atoms with Gasteiger partial charge in [-0.25, -0.2) is 0 Å². The van der Waals surface area contributed by atoms with Gasteiger partial charge >= 0.3 is 0 Å². The highest BCUT2D eigenvalue weighted by Gasteiger charge is 2.16. The highest BCUT2D eigenvalue weighted by molar-refractivity contribution is 8.00. The SMILES string of the molecule is O=C(CSCC(=O)N1CCOCC1)NCC#Cc1ccccc1. The second-order valence-corrected chi connectivity index (χ2v) is 5.92. The second-order valence-electron chi connectivity index (χ2n) is 4.93. The van der Waals surface area contributed by atoms with Crippen LogP contribution in [0.1, 0.15) is 5.56 Å². The number of thioether (sulfide) groups is 1. The number of amides is 2. The summed E-state index contributed by atoms with van der Waals surface area (Å²) in [6, 6.07) is 9.61. The maximum atomic E-state index is 11.9.